The van der Waals surface area contributed by atoms with Crippen LogP contribution in [0.2, 0.25) is 5.02 Å². The van der Waals surface area contributed by atoms with E-state index in [0.717, 1.165) is 5.56 Å². The van der Waals surface area contributed by atoms with Gasteiger partial charge in [-0.15, -0.1) is 0 Å². The first kappa shape index (κ1) is 16.8. The molecule has 2 aromatic rings. The molecule has 2 N–H and O–H groups in total. The first-order chi connectivity index (χ1) is 11.0. The van der Waals surface area contributed by atoms with Crippen molar-refractivity contribution in [3.05, 3.63) is 58.4 Å². The third-order valence-corrected chi connectivity index (χ3v) is 3.60. The van der Waals surface area contributed by atoms with Crippen molar-refractivity contribution in [3.8, 4) is 0 Å². The van der Waals surface area contributed by atoms with Crippen LogP contribution in [0.1, 0.15) is 21.6 Å². The Kier molecular flexibility index (Phi) is 5.54. The van der Waals surface area contributed by atoms with Crippen LogP contribution in [0.15, 0.2) is 36.5 Å². The molecule has 0 atom stereocenters. The molecule has 1 heterocycles. The van der Waals surface area contributed by atoms with Crippen molar-refractivity contribution in [1.82, 2.24) is 10.3 Å². The van der Waals surface area contributed by atoms with Crippen LogP contribution in [0, 0.1) is 6.92 Å². The smallest absolute Gasteiger partial charge is 0.407 e. The highest BCUT2D eigenvalue weighted by molar-refractivity contribution is 6.31. The van der Waals surface area contributed by atoms with Crippen molar-refractivity contribution in [3.63, 3.8) is 0 Å². The highest BCUT2D eigenvalue weighted by atomic mass is 35.5. The summed E-state index contributed by atoms with van der Waals surface area (Å²) in [6.45, 7) is 2.00. The molecule has 0 aliphatic heterocycles. The molecule has 0 radical (unpaired) electrons. The summed E-state index contributed by atoms with van der Waals surface area (Å²) in [4.78, 5) is 27.5. The molecule has 2 amide bonds. The van der Waals surface area contributed by atoms with E-state index >= 15 is 0 Å². The number of hydrogen-bond acceptors (Lipinski definition) is 4. The van der Waals surface area contributed by atoms with Gasteiger partial charge in [-0.25, -0.2) is 4.79 Å². The predicted octanol–water partition coefficient (Wildman–Crippen LogP) is 3.15. The number of rotatable bonds is 4. The molecule has 7 heteroatoms. The second kappa shape index (κ2) is 7.60. The monoisotopic (exact) mass is 333 g/mol. The Morgan fingerprint density at radius 2 is 2.09 bits per heavy atom. The van der Waals surface area contributed by atoms with E-state index in [1.54, 1.807) is 30.3 Å². The molecule has 0 fully saturated rings. The molecule has 0 aliphatic carbocycles. The molecular weight excluding hydrogens is 318 g/mol. The van der Waals surface area contributed by atoms with Crippen LogP contribution in [-0.2, 0) is 11.3 Å². The van der Waals surface area contributed by atoms with Gasteiger partial charge in [-0.1, -0.05) is 17.7 Å². The number of amides is 2. The van der Waals surface area contributed by atoms with Crippen LogP contribution in [0.3, 0.4) is 0 Å². The average Bonchev–Trinajstić information content (AvgIpc) is 2.57. The minimum Gasteiger partial charge on any atom is -0.453 e. The van der Waals surface area contributed by atoms with Crippen molar-refractivity contribution >= 4 is 29.3 Å². The molecule has 0 aliphatic rings. The lowest BCUT2D eigenvalue weighted by Gasteiger charge is -2.10. The number of halogens is 1. The van der Waals surface area contributed by atoms with Crippen LogP contribution in [0.4, 0.5) is 10.5 Å². The Morgan fingerprint density at radius 1 is 1.30 bits per heavy atom. The highest BCUT2D eigenvalue weighted by Crippen LogP contribution is 2.23. The number of ether oxygens (including phenoxy) is 1. The zero-order valence-corrected chi connectivity index (χ0v) is 13.5. The van der Waals surface area contributed by atoms with Crippen molar-refractivity contribution in [2.24, 2.45) is 0 Å². The molecule has 0 bridgehead atoms. The molecule has 2 rings (SSSR count). The average molecular weight is 334 g/mol. The number of nitrogens with one attached hydrogen (secondary N) is 2. The molecule has 6 nitrogen and oxygen atoms in total. The summed E-state index contributed by atoms with van der Waals surface area (Å²) in [6.07, 6.45) is 0.949. The fraction of sp³-hybridized carbons (Fsp3) is 0.188. The van der Waals surface area contributed by atoms with Crippen molar-refractivity contribution < 1.29 is 14.3 Å². The summed E-state index contributed by atoms with van der Waals surface area (Å²) in [7, 11) is 1.28. The van der Waals surface area contributed by atoms with E-state index in [2.05, 4.69) is 20.4 Å². The maximum absolute atomic E-state index is 12.3. The Morgan fingerprint density at radius 3 is 2.83 bits per heavy atom. The number of anilines is 1. The highest BCUT2D eigenvalue weighted by Gasteiger charge is 2.10. The molecular formula is C16H16ClN3O3. The van der Waals surface area contributed by atoms with Crippen LogP contribution >= 0.6 is 11.6 Å². The Balaban J connectivity index is 2.10. The number of benzene rings is 1. The Labute approximate surface area is 138 Å². The molecule has 0 unspecified atom stereocenters. The molecule has 1 aromatic heterocycles. The van der Waals surface area contributed by atoms with Crippen molar-refractivity contribution in [2.45, 2.75) is 13.5 Å². The van der Waals surface area contributed by atoms with E-state index in [9.17, 15) is 9.59 Å². The van der Waals surface area contributed by atoms with Gasteiger partial charge >= 0.3 is 6.09 Å². The van der Waals surface area contributed by atoms with E-state index in [1.165, 1.54) is 13.3 Å². The minimum atomic E-state index is -0.559. The third-order valence-electron chi connectivity index (χ3n) is 3.19. The number of hydrogen-bond donors (Lipinski definition) is 2. The van der Waals surface area contributed by atoms with E-state index in [-0.39, 0.29) is 12.5 Å². The Bertz CT molecular complexity index is 734. The van der Waals surface area contributed by atoms with Crippen molar-refractivity contribution in [2.75, 3.05) is 12.4 Å². The van der Waals surface area contributed by atoms with Gasteiger partial charge in [0, 0.05) is 22.5 Å². The van der Waals surface area contributed by atoms with E-state index in [0.29, 0.717) is 22.0 Å². The van der Waals surface area contributed by atoms with Crippen LogP contribution in [-0.4, -0.2) is 24.1 Å². The van der Waals surface area contributed by atoms with Gasteiger partial charge in [-0.2, -0.15) is 0 Å². The first-order valence-corrected chi connectivity index (χ1v) is 7.22. The second-order valence-corrected chi connectivity index (χ2v) is 5.15. The summed E-state index contributed by atoms with van der Waals surface area (Å²) in [5.74, 6) is -0.280. The summed E-state index contributed by atoms with van der Waals surface area (Å²) < 4.78 is 4.48. The van der Waals surface area contributed by atoms with Gasteiger partial charge in [0.15, 0.2) is 0 Å². The topological polar surface area (TPSA) is 80.3 Å². The van der Waals surface area contributed by atoms with Gasteiger partial charge in [-0.05, 0) is 36.8 Å². The largest absolute Gasteiger partial charge is 0.453 e. The van der Waals surface area contributed by atoms with Crippen LogP contribution in [0.25, 0.3) is 0 Å². The summed E-state index contributed by atoms with van der Waals surface area (Å²) in [6, 6.07) is 8.50. The zero-order valence-electron chi connectivity index (χ0n) is 12.7. The van der Waals surface area contributed by atoms with Crippen molar-refractivity contribution in [1.29, 1.82) is 0 Å². The number of pyridine rings is 1. The van der Waals surface area contributed by atoms with E-state index < -0.39 is 6.09 Å². The molecule has 0 saturated carbocycles. The standard InChI is InChI=1S/C16H16ClN3O3/c1-10-13(17)4-3-5-14(10)20-15(21)11-6-7-18-12(8-11)9-19-16(22)23-2/h3-8H,9H2,1-2H3,(H,19,22)(H,20,21). The molecule has 0 spiro atoms. The fourth-order valence-corrected chi connectivity index (χ4v) is 2.06. The molecule has 0 saturated heterocycles. The number of methoxy groups -OCH3 is 1. The lowest BCUT2D eigenvalue weighted by atomic mass is 10.1. The lowest BCUT2D eigenvalue weighted by molar-refractivity contribution is 0.102. The summed E-state index contributed by atoms with van der Waals surface area (Å²) >= 11 is 6.04. The molecule has 1 aromatic carbocycles. The molecule has 23 heavy (non-hydrogen) atoms. The van der Waals surface area contributed by atoms with Gasteiger partial charge in [0.25, 0.3) is 5.91 Å². The number of carbonyl (C=O) groups excluding carboxylic acids is 2. The summed E-state index contributed by atoms with van der Waals surface area (Å²) in [5, 5.41) is 5.90. The van der Waals surface area contributed by atoms with E-state index in [4.69, 9.17) is 11.6 Å². The predicted molar refractivity (Wildman–Crippen MR) is 87.6 cm³/mol. The Hall–Kier alpha value is -2.60. The third kappa shape index (κ3) is 4.43. The normalized spacial score (nSPS) is 10.0. The lowest BCUT2D eigenvalue weighted by Crippen LogP contribution is -2.23. The quantitative estimate of drug-likeness (QED) is 0.900. The maximum Gasteiger partial charge on any atom is 0.407 e. The fourth-order valence-electron chi connectivity index (χ4n) is 1.89. The number of aromatic nitrogens is 1. The minimum absolute atomic E-state index is 0.171. The van der Waals surface area contributed by atoms with Crippen LogP contribution < -0.4 is 10.6 Å². The second-order valence-electron chi connectivity index (χ2n) is 4.75. The zero-order chi connectivity index (χ0) is 16.8. The number of nitrogens with zero attached hydrogens (tertiary/aromatic N) is 1. The van der Waals surface area contributed by atoms with Gasteiger partial charge in [0.05, 0.1) is 19.3 Å². The van der Waals surface area contributed by atoms with Gasteiger partial charge < -0.3 is 15.4 Å². The van der Waals surface area contributed by atoms with Gasteiger partial charge in [0.2, 0.25) is 0 Å². The van der Waals surface area contributed by atoms with Gasteiger partial charge in [-0.3, -0.25) is 9.78 Å². The summed E-state index contributed by atoms with van der Waals surface area (Å²) in [5.41, 5.74) is 2.42. The SMILES string of the molecule is COC(=O)NCc1cc(C(=O)Nc2cccc(Cl)c2C)ccn1. The van der Waals surface area contributed by atoms with E-state index in [1.807, 2.05) is 6.92 Å². The number of alkyl carbamates (subject to hydrolysis) is 1. The number of carbonyl (C=O) groups is 2. The maximum atomic E-state index is 12.3. The first-order valence-electron chi connectivity index (χ1n) is 6.84. The van der Waals surface area contributed by atoms with Gasteiger partial charge in [0.1, 0.15) is 0 Å². The molecule has 120 valence electrons. The van der Waals surface area contributed by atoms with Crippen LogP contribution in [0.5, 0.6) is 0 Å².